The van der Waals surface area contributed by atoms with Gasteiger partial charge in [0, 0.05) is 50.0 Å². The predicted molar refractivity (Wildman–Crippen MR) is 156 cm³/mol. The third-order valence-electron chi connectivity index (χ3n) is 7.09. The molecule has 0 atom stereocenters. The maximum Gasteiger partial charge on any atom is 0.217 e. The predicted octanol–water partition coefficient (Wildman–Crippen LogP) is 8.31. The van der Waals surface area contributed by atoms with Gasteiger partial charge in [0.2, 0.25) is 5.88 Å². The van der Waals surface area contributed by atoms with Crippen LogP contribution in [0.15, 0.2) is 103 Å². The van der Waals surface area contributed by atoms with Crippen LogP contribution < -0.4 is 4.74 Å². The molecule has 0 saturated carbocycles. The largest absolute Gasteiger partial charge is 0.506 e. The molecule has 0 bridgehead atoms. The number of benzene rings is 4. The van der Waals surface area contributed by atoms with Crippen LogP contribution in [0.25, 0.3) is 49.7 Å². The molecule has 0 radical (unpaired) electrons. The Morgan fingerprint density at radius 3 is 2.42 bits per heavy atom. The van der Waals surface area contributed by atoms with E-state index in [1.807, 2.05) is 85.9 Å². The minimum Gasteiger partial charge on any atom is -0.506 e. The van der Waals surface area contributed by atoms with E-state index in [2.05, 4.69) is 40.7 Å². The van der Waals surface area contributed by atoms with Crippen molar-refractivity contribution in [3.05, 3.63) is 120 Å². The van der Waals surface area contributed by atoms with E-state index in [1.54, 1.807) is 6.07 Å². The quantitative estimate of drug-likeness (QED) is 0.188. The van der Waals surface area contributed by atoms with Gasteiger partial charge in [-0.2, -0.15) is 0 Å². The van der Waals surface area contributed by atoms with E-state index in [1.165, 1.54) is 0 Å². The van der Waals surface area contributed by atoms with Gasteiger partial charge >= 0.3 is 0 Å². The van der Waals surface area contributed by atoms with Gasteiger partial charge in [0.1, 0.15) is 17.1 Å². The van der Waals surface area contributed by atoms with Gasteiger partial charge in [-0.05, 0) is 59.3 Å². The van der Waals surface area contributed by atoms with Crippen LogP contribution in [0.5, 0.6) is 17.4 Å². The Labute approximate surface area is 246 Å². The molecule has 40 heavy (non-hydrogen) atoms. The van der Waals surface area contributed by atoms with Crippen LogP contribution in [0, 0.1) is 19.9 Å². The van der Waals surface area contributed by atoms with Crippen molar-refractivity contribution < 1.29 is 30.9 Å². The van der Waals surface area contributed by atoms with E-state index in [0.29, 0.717) is 17.1 Å². The van der Waals surface area contributed by atoms with Crippen molar-refractivity contribution in [3.8, 4) is 34.3 Å². The molecule has 0 aliphatic carbocycles. The minimum atomic E-state index is 0. The molecule has 3 heterocycles. The summed E-state index contributed by atoms with van der Waals surface area (Å²) in [5.41, 5.74) is 6.66. The van der Waals surface area contributed by atoms with Gasteiger partial charge in [0.25, 0.3) is 0 Å². The van der Waals surface area contributed by atoms with Gasteiger partial charge in [0.15, 0.2) is 0 Å². The summed E-state index contributed by atoms with van der Waals surface area (Å²) in [5.74, 6) is 1.86. The SMILES string of the molecule is Cc1ccc(-n2c3[c-]c(Oc4ccc5c(-c6ccccc6)ccc(O)c5n4)cc(C)c3c3ccccc32)nc1.[Pt]. The van der Waals surface area contributed by atoms with Crippen molar-refractivity contribution in [3.63, 3.8) is 0 Å². The fourth-order valence-electron chi connectivity index (χ4n) is 5.29. The third-order valence-corrected chi connectivity index (χ3v) is 7.09. The average Bonchev–Trinajstić information content (AvgIpc) is 3.29. The maximum atomic E-state index is 10.6. The number of aromatic hydroxyl groups is 1. The second kappa shape index (κ2) is 10.3. The molecule has 0 amide bonds. The second-order valence-electron chi connectivity index (χ2n) is 9.73. The number of phenolic OH excluding ortho intramolecular Hbond substituents is 1. The first-order valence-corrected chi connectivity index (χ1v) is 12.8. The fourth-order valence-corrected chi connectivity index (χ4v) is 5.29. The van der Waals surface area contributed by atoms with Crippen molar-refractivity contribution >= 4 is 32.7 Å². The van der Waals surface area contributed by atoms with Gasteiger partial charge in [-0.15, -0.1) is 17.7 Å². The summed E-state index contributed by atoms with van der Waals surface area (Å²) >= 11 is 0. The molecule has 0 aliphatic heterocycles. The number of phenols is 1. The standard InChI is InChI=1S/C34H24N3O2.Pt/c1-21-12-16-31(35-20-21)37-28-11-7-6-10-27(28)33-22(2)18-24(19-29(33)37)39-32-17-14-26-25(23-8-4-3-5-9-23)13-15-30(38)34(26)36-32;/h3-18,20,38H,1-2H3;/q-1;. The zero-order chi connectivity index (χ0) is 26.5. The summed E-state index contributed by atoms with van der Waals surface area (Å²) < 4.78 is 8.39. The van der Waals surface area contributed by atoms with Crippen LogP contribution in [0.2, 0.25) is 0 Å². The van der Waals surface area contributed by atoms with Gasteiger partial charge in [-0.25, -0.2) is 9.97 Å². The van der Waals surface area contributed by atoms with Gasteiger partial charge in [-0.1, -0.05) is 72.4 Å². The number of hydrogen-bond acceptors (Lipinski definition) is 4. The van der Waals surface area contributed by atoms with Crippen molar-refractivity contribution in [1.82, 2.24) is 14.5 Å². The van der Waals surface area contributed by atoms with E-state index >= 15 is 0 Å². The van der Waals surface area contributed by atoms with Crippen LogP contribution >= 0.6 is 0 Å². The van der Waals surface area contributed by atoms with E-state index < -0.39 is 0 Å². The molecule has 0 saturated heterocycles. The Kier molecular flexibility index (Phi) is 6.61. The van der Waals surface area contributed by atoms with Crippen LogP contribution in [0.1, 0.15) is 11.1 Å². The number of pyridine rings is 2. The van der Waals surface area contributed by atoms with E-state index in [9.17, 15) is 5.11 Å². The molecule has 0 fully saturated rings. The van der Waals surface area contributed by atoms with Gasteiger partial charge < -0.3 is 14.4 Å². The smallest absolute Gasteiger partial charge is 0.217 e. The first-order chi connectivity index (χ1) is 19.1. The molecule has 3 aromatic heterocycles. The Morgan fingerprint density at radius 2 is 1.62 bits per heavy atom. The van der Waals surface area contributed by atoms with Crippen LogP contribution in [0.4, 0.5) is 0 Å². The molecule has 6 heteroatoms. The van der Waals surface area contributed by atoms with Crippen molar-refractivity contribution in [2.24, 2.45) is 0 Å². The normalized spacial score (nSPS) is 11.2. The van der Waals surface area contributed by atoms with E-state index in [4.69, 9.17) is 9.72 Å². The average molecular weight is 702 g/mol. The molecule has 198 valence electrons. The number of para-hydroxylation sites is 1. The molecule has 0 aliphatic rings. The Balaban J connectivity index is 0.00000289. The van der Waals surface area contributed by atoms with E-state index in [-0.39, 0.29) is 26.8 Å². The number of ether oxygens (including phenoxy) is 1. The summed E-state index contributed by atoms with van der Waals surface area (Å²) in [6.45, 7) is 4.11. The van der Waals surface area contributed by atoms with Crippen molar-refractivity contribution in [2.45, 2.75) is 13.8 Å². The minimum absolute atomic E-state index is 0. The van der Waals surface area contributed by atoms with Crippen LogP contribution in [-0.4, -0.2) is 19.6 Å². The number of aryl methyl sites for hydroxylation is 2. The second-order valence-corrected chi connectivity index (χ2v) is 9.73. The Hall–Kier alpha value is -4.47. The summed E-state index contributed by atoms with van der Waals surface area (Å²) in [7, 11) is 0. The molecule has 1 N–H and O–H groups in total. The van der Waals surface area contributed by atoms with Gasteiger partial charge in [0.05, 0.1) is 0 Å². The van der Waals surface area contributed by atoms with Crippen LogP contribution in [-0.2, 0) is 21.1 Å². The zero-order valence-electron chi connectivity index (χ0n) is 21.8. The van der Waals surface area contributed by atoms with Gasteiger partial charge in [-0.3, -0.25) is 0 Å². The number of fused-ring (bicyclic) bond motifs is 4. The molecule has 0 spiro atoms. The summed E-state index contributed by atoms with van der Waals surface area (Å²) in [6.07, 6.45) is 1.87. The molecule has 5 nitrogen and oxygen atoms in total. The first-order valence-electron chi connectivity index (χ1n) is 12.8. The number of aromatic nitrogens is 3. The Bertz CT molecular complexity index is 2020. The van der Waals surface area contributed by atoms with Crippen molar-refractivity contribution in [1.29, 1.82) is 0 Å². The summed E-state index contributed by atoms with van der Waals surface area (Å²) in [6, 6.07) is 35.3. The topological polar surface area (TPSA) is 60.2 Å². The molecular formula is C34H24N3O2Pt-. The molecule has 0 unspecified atom stereocenters. The Morgan fingerprint density at radius 1 is 0.825 bits per heavy atom. The van der Waals surface area contributed by atoms with E-state index in [0.717, 1.165) is 55.3 Å². The number of nitrogens with zero attached hydrogens (tertiary/aromatic N) is 3. The number of rotatable bonds is 4. The first kappa shape index (κ1) is 25.8. The zero-order valence-corrected chi connectivity index (χ0v) is 24.1. The van der Waals surface area contributed by atoms with Crippen molar-refractivity contribution in [2.75, 3.05) is 0 Å². The molecular weight excluding hydrogens is 677 g/mol. The molecule has 7 aromatic rings. The maximum absolute atomic E-state index is 10.6. The number of hydrogen-bond donors (Lipinski definition) is 1. The molecule has 7 rings (SSSR count). The summed E-state index contributed by atoms with van der Waals surface area (Å²) in [4.78, 5) is 9.39. The third kappa shape index (κ3) is 4.33. The van der Waals surface area contributed by atoms with Crippen LogP contribution in [0.3, 0.4) is 0 Å². The molecule has 4 aromatic carbocycles. The fraction of sp³-hybridized carbons (Fsp3) is 0.0588. The summed E-state index contributed by atoms with van der Waals surface area (Å²) in [5, 5.41) is 13.7. The monoisotopic (exact) mass is 701 g/mol.